The van der Waals surface area contributed by atoms with Gasteiger partial charge in [-0.05, 0) is 48.1 Å². The maximum atomic E-state index is 11.3. The monoisotopic (exact) mass is 490 g/mol. The number of quaternary nitrogens is 1. The number of benzene rings is 3. The van der Waals surface area contributed by atoms with Gasteiger partial charge in [0.15, 0.2) is 0 Å². The van der Waals surface area contributed by atoms with Crippen molar-refractivity contribution in [1.29, 1.82) is 0 Å². The van der Waals surface area contributed by atoms with Crippen LogP contribution in [0.15, 0.2) is 84.9 Å². The summed E-state index contributed by atoms with van der Waals surface area (Å²) in [5.74, 6) is 0.688. The molecule has 0 N–H and O–H groups in total. The summed E-state index contributed by atoms with van der Waals surface area (Å²) >= 11 is 0. The van der Waals surface area contributed by atoms with Crippen LogP contribution in [0.4, 0.5) is 0 Å². The van der Waals surface area contributed by atoms with Crippen molar-refractivity contribution in [1.82, 2.24) is 0 Å². The zero-order chi connectivity index (χ0) is 25.9. The third-order valence-electron chi connectivity index (χ3n) is 6.74. The summed E-state index contributed by atoms with van der Waals surface area (Å²) in [5.41, 5.74) is 2.51. The highest BCUT2D eigenvalue weighted by atomic mass is 16.5. The first-order valence-corrected chi connectivity index (χ1v) is 12.7. The van der Waals surface area contributed by atoms with Gasteiger partial charge in [0.25, 0.3) is 0 Å². The highest BCUT2D eigenvalue weighted by molar-refractivity contribution is 5.68. The molecular formula is C31H40NO4+. The minimum absolute atomic E-state index is 0.131. The molecule has 0 saturated carbocycles. The van der Waals surface area contributed by atoms with Crippen molar-refractivity contribution in [3.63, 3.8) is 0 Å². The van der Waals surface area contributed by atoms with E-state index in [4.69, 9.17) is 14.2 Å². The average Bonchev–Trinajstić information content (AvgIpc) is 2.92. The molecule has 0 spiro atoms. The molecule has 0 amide bonds. The summed E-state index contributed by atoms with van der Waals surface area (Å²) in [6.07, 6.45) is 3.43. The summed E-state index contributed by atoms with van der Waals surface area (Å²) in [4.78, 5) is 11.3. The van der Waals surface area contributed by atoms with Gasteiger partial charge in [0, 0.05) is 6.42 Å². The molecule has 5 nitrogen and oxygen atoms in total. The van der Waals surface area contributed by atoms with Crippen molar-refractivity contribution in [3.8, 4) is 5.75 Å². The summed E-state index contributed by atoms with van der Waals surface area (Å²) < 4.78 is 18.0. The fourth-order valence-corrected chi connectivity index (χ4v) is 4.57. The minimum atomic E-state index is -0.741. The quantitative estimate of drug-likeness (QED) is 0.124. The second-order valence-corrected chi connectivity index (χ2v) is 9.76. The van der Waals surface area contributed by atoms with Crippen LogP contribution in [0.25, 0.3) is 0 Å². The second kappa shape index (κ2) is 13.2. The second-order valence-electron chi connectivity index (χ2n) is 9.76. The van der Waals surface area contributed by atoms with Crippen LogP contribution in [-0.2, 0) is 19.9 Å². The molecule has 192 valence electrons. The number of ether oxygens (including phenoxy) is 3. The highest BCUT2D eigenvalue weighted by Crippen LogP contribution is 2.41. The Bertz CT molecular complexity index is 1010. The number of nitrogens with zero attached hydrogens (tertiary/aromatic N) is 1. The normalized spacial score (nSPS) is 11.8. The molecule has 36 heavy (non-hydrogen) atoms. The van der Waals surface area contributed by atoms with E-state index >= 15 is 0 Å². The fraction of sp³-hybridized carbons (Fsp3) is 0.387. The standard InChI is InChI=1S/C31H40NO4/c1-32(2,23-13-7-12-18-30(33)35-4)24-25-36-31(26-14-8-5-9-15-26,27-16-10-6-11-17-27)28-19-21-29(34-3)22-20-28/h5-6,8-11,14-17,19-22H,7,12-13,18,23-25H2,1-4H3/q+1. The molecule has 0 aromatic heterocycles. The van der Waals surface area contributed by atoms with Crippen LogP contribution in [0.5, 0.6) is 5.75 Å². The first kappa shape index (κ1) is 27.4. The number of methoxy groups -OCH3 is 2. The number of hydrogen-bond acceptors (Lipinski definition) is 4. The number of likely N-dealkylation sites (N-methyl/N-ethyl adjacent to an activating group) is 1. The SMILES string of the molecule is COC(=O)CCCCC[N+](C)(C)CCOC(c1ccccc1)(c1ccccc1)c1ccc(OC)cc1. The van der Waals surface area contributed by atoms with Crippen LogP contribution >= 0.6 is 0 Å². The van der Waals surface area contributed by atoms with Crippen molar-refractivity contribution in [2.45, 2.75) is 31.3 Å². The van der Waals surface area contributed by atoms with Gasteiger partial charge < -0.3 is 18.7 Å². The van der Waals surface area contributed by atoms with Gasteiger partial charge in [0.05, 0.1) is 41.5 Å². The zero-order valence-electron chi connectivity index (χ0n) is 22.1. The number of hydrogen-bond donors (Lipinski definition) is 0. The van der Waals surface area contributed by atoms with E-state index in [0.717, 1.165) is 59.3 Å². The smallest absolute Gasteiger partial charge is 0.305 e. The Labute approximate surface area is 216 Å². The van der Waals surface area contributed by atoms with Gasteiger partial charge in [0.1, 0.15) is 17.9 Å². The van der Waals surface area contributed by atoms with Gasteiger partial charge in [-0.25, -0.2) is 0 Å². The molecule has 0 unspecified atom stereocenters. The Morgan fingerprint density at radius 1 is 0.722 bits per heavy atom. The van der Waals surface area contributed by atoms with Crippen LogP contribution in [-0.4, -0.2) is 58.5 Å². The van der Waals surface area contributed by atoms with Crippen LogP contribution in [0.1, 0.15) is 42.4 Å². The largest absolute Gasteiger partial charge is 0.497 e. The molecule has 5 heteroatoms. The first-order valence-electron chi connectivity index (χ1n) is 12.7. The van der Waals surface area contributed by atoms with Crippen LogP contribution in [0, 0.1) is 0 Å². The summed E-state index contributed by atoms with van der Waals surface area (Å²) in [5, 5.41) is 0. The van der Waals surface area contributed by atoms with E-state index in [2.05, 4.69) is 74.8 Å². The van der Waals surface area contributed by atoms with Crippen molar-refractivity contribution in [2.24, 2.45) is 0 Å². The molecular weight excluding hydrogens is 450 g/mol. The number of carbonyl (C=O) groups is 1. The van der Waals surface area contributed by atoms with E-state index in [9.17, 15) is 4.79 Å². The van der Waals surface area contributed by atoms with Crippen molar-refractivity contribution < 1.29 is 23.5 Å². The molecule has 0 fully saturated rings. The zero-order valence-corrected chi connectivity index (χ0v) is 22.1. The molecule has 0 saturated heterocycles. The van der Waals surface area contributed by atoms with Crippen molar-refractivity contribution >= 4 is 5.97 Å². The minimum Gasteiger partial charge on any atom is -0.497 e. The third-order valence-corrected chi connectivity index (χ3v) is 6.74. The molecule has 3 aromatic rings. The molecule has 0 bridgehead atoms. The van der Waals surface area contributed by atoms with E-state index < -0.39 is 5.60 Å². The predicted molar refractivity (Wildman–Crippen MR) is 144 cm³/mol. The summed E-state index contributed by atoms with van der Waals surface area (Å²) in [7, 11) is 7.61. The van der Waals surface area contributed by atoms with E-state index in [1.165, 1.54) is 7.11 Å². The van der Waals surface area contributed by atoms with Crippen LogP contribution < -0.4 is 4.74 Å². The molecule has 0 atom stereocenters. The van der Waals surface area contributed by atoms with Crippen LogP contribution in [0.2, 0.25) is 0 Å². The summed E-state index contributed by atoms with van der Waals surface area (Å²) in [6.45, 7) is 2.48. The van der Waals surface area contributed by atoms with Gasteiger partial charge in [0.2, 0.25) is 0 Å². The molecule has 0 aliphatic carbocycles. The average molecular weight is 491 g/mol. The maximum absolute atomic E-state index is 11.3. The van der Waals surface area contributed by atoms with Gasteiger partial charge >= 0.3 is 5.97 Å². The highest BCUT2D eigenvalue weighted by Gasteiger charge is 2.38. The molecule has 3 rings (SSSR count). The number of esters is 1. The Hall–Kier alpha value is -3.15. The molecule has 0 heterocycles. The summed E-state index contributed by atoms with van der Waals surface area (Å²) in [6, 6.07) is 29.1. The lowest BCUT2D eigenvalue weighted by Crippen LogP contribution is -2.45. The molecule has 0 aliphatic rings. The van der Waals surface area contributed by atoms with E-state index in [1.54, 1.807) is 7.11 Å². The van der Waals surface area contributed by atoms with E-state index in [0.29, 0.717) is 13.0 Å². The maximum Gasteiger partial charge on any atom is 0.305 e. The first-order chi connectivity index (χ1) is 17.4. The topological polar surface area (TPSA) is 44.8 Å². The molecule has 0 aliphatic heterocycles. The lowest BCUT2D eigenvalue weighted by atomic mass is 9.80. The van der Waals surface area contributed by atoms with Gasteiger partial charge in [-0.3, -0.25) is 4.79 Å². The Morgan fingerprint density at radius 2 is 1.28 bits per heavy atom. The molecule has 0 radical (unpaired) electrons. The Kier molecular flexibility index (Phi) is 10.1. The fourth-order valence-electron chi connectivity index (χ4n) is 4.57. The predicted octanol–water partition coefficient (Wildman–Crippen LogP) is 5.81. The van der Waals surface area contributed by atoms with E-state index in [1.807, 2.05) is 24.3 Å². The number of rotatable bonds is 14. The van der Waals surface area contributed by atoms with Crippen molar-refractivity contribution in [3.05, 3.63) is 102 Å². The molecule has 3 aromatic carbocycles. The van der Waals surface area contributed by atoms with Crippen molar-refractivity contribution in [2.75, 3.05) is 48.0 Å². The lowest BCUT2D eigenvalue weighted by molar-refractivity contribution is -0.891. The van der Waals surface area contributed by atoms with Crippen LogP contribution in [0.3, 0.4) is 0 Å². The Balaban J connectivity index is 1.81. The van der Waals surface area contributed by atoms with Gasteiger partial charge in [-0.15, -0.1) is 0 Å². The van der Waals surface area contributed by atoms with Gasteiger partial charge in [-0.1, -0.05) is 72.8 Å². The Morgan fingerprint density at radius 3 is 1.81 bits per heavy atom. The number of carbonyl (C=O) groups excluding carboxylic acids is 1. The third kappa shape index (κ3) is 7.19. The number of unbranched alkanes of at least 4 members (excludes halogenated alkanes) is 2. The lowest BCUT2D eigenvalue weighted by Gasteiger charge is -2.37. The van der Waals surface area contributed by atoms with Gasteiger partial charge in [-0.2, -0.15) is 0 Å². The van der Waals surface area contributed by atoms with E-state index in [-0.39, 0.29) is 5.97 Å².